The molecule has 0 spiro atoms. The Morgan fingerprint density at radius 2 is 1.00 bits per heavy atom. The van der Waals surface area contributed by atoms with Crippen LogP contribution < -0.4 is 16.6 Å². The number of fused-ring (bicyclic) bond motifs is 1. The molecule has 0 radical (unpaired) electrons. The van der Waals surface area contributed by atoms with Gasteiger partial charge in [-0.15, -0.1) is 0 Å². The van der Waals surface area contributed by atoms with Gasteiger partial charge in [0.1, 0.15) is 0 Å². The molecule has 1 aliphatic carbocycles. The summed E-state index contributed by atoms with van der Waals surface area (Å²) in [5.41, 5.74) is 3.23. The Morgan fingerprint density at radius 1 is 0.571 bits per heavy atom. The van der Waals surface area contributed by atoms with E-state index in [1.54, 1.807) is 32.5 Å². The van der Waals surface area contributed by atoms with Gasteiger partial charge in [-0.25, -0.2) is 0 Å². The van der Waals surface area contributed by atoms with Crippen LogP contribution in [0.4, 0.5) is 0 Å². The van der Waals surface area contributed by atoms with E-state index in [0.29, 0.717) is 0 Å². The number of benzene rings is 2. The second-order valence-corrected chi connectivity index (χ2v) is 21.6. The summed E-state index contributed by atoms with van der Waals surface area (Å²) in [6.07, 6.45) is 4.85. The second-order valence-electron chi connectivity index (χ2n) is 9.04. The van der Waals surface area contributed by atoms with E-state index in [-0.39, 0.29) is 0 Å². The fourth-order valence-corrected chi connectivity index (χ4v) is 26.1. The zero-order valence-electron chi connectivity index (χ0n) is 20.0. The van der Waals surface area contributed by atoms with Crippen LogP contribution in [0, 0.1) is 0 Å². The normalized spacial score (nSPS) is 17.0. The Balaban J connectivity index is 1.76. The van der Waals surface area contributed by atoms with Crippen LogP contribution in [0.1, 0.15) is 35.4 Å². The molecular formula is C30H28O2S2Sn. The summed E-state index contributed by atoms with van der Waals surface area (Å²) in [5.74, 6) is 0. The van der Waals surface area contributed by atoms with Gasteiger partial charge in [-0.2, -0.15) is 0 Å². The Morgan fingerprint density at radius 3 is 1.37 bits per heavy atom. The van der Waals surface area contributed by atoms with Crippen LogP contribution in [0.2, 0.25) is 0 Å². The van der Waals surface area contributed by atoms with E-state index in [2.05, 4.69) is 84.9 Å². The third-order valence-electron chi connectivity index (χ3n) is 7.29. The molecule has 0 amide bonds. The summed E-state index contributed by atoms with van der Waals surface area (Å²) in [5, 5.41) is 1.97. The summed E-state index contributed by atoms with van der Waals surface area (Å²) < 4.78 is 17.7. The Bertz CT molecular complexity index is 1300. The van der Waals surface area contributed by atoms with Gasteiger partial charge >= 0.3 is 221 Å². The third kappa shape index (κ3) is 3.73. The SMILES string of the molecule is COc1ccc([C]2=C3CCCCC3=[C](c3ccc(OC)s3)[Sn]2([c]2ccccc2)[c]2ccccc2)s1. The molecule has 2 aromatic heterocycles. The van der Waals surface area contributed by atoms with Crippen LogP contribution in [0.15, 0.2) is 96.1 Å². The molecule has 0 bridgehead atoms. The zero-order chi connectivity index (χ0) is 23.8. The summed E-state index contributed by atoms with van der Waals surface area (Å²) >= 11 is -0.0832. The van der Waals surface area contributed by atoms with E-state index in [4.69, 9.17) is 9.47 Å². The minimum atomic E-state index is -3.70. The molecule has 0 N–H and O–H groups in total. The van der Waals surface area contributed by atoms with Crippen LogP contribution in [0.25, 0.3) is 7.18 Å². The predicted molar refractivity (Wildman–Crippen MR) is 152 cm³/mol. The fraction of sp³-hybridized carbons (Fsp3) is 0.200. The topological polar surface area (TPSA) is 18.5 Å². The molecule has 1 fully saturated rings. The first-order valence-corrected chi connectivity index (χ1v) is 19.5. The van der Waals surface area contributed by atoms with Gasteiger partial charge < -0.3 is 0 Å². The Hall–Kier alpha value is -2.28. The van der Waals surface area contributed by atoms with E-state index in [1.807, 2.05) is 22.7 Å². The number of thiophene rings is 2. The van der Waals surface area contributed by atoms with Crippen LogP contribution in [0.3, 0.4) is 0 Å². The fourth-order valence-electron chi connectivity index (χ4n) is 5.95. The number of methoxy groups -OCH3 is 2. The predicted octanol–water partition coefficient (Wildman–Crippen LogP) is 6.96. The van der Waals surface area contributed by atoms with Gasteiger partial charge in [-0.1, -0.05) is 0 Å². The third-order valence-corrected chi connectivity index (χ3v) is 24.8. The van der Waals surface area contributed by atoms with Crippen molar-refractivity contribution in [2.24, 2.45) is 0 Å². The molecule has 35 heavy (non-hydrogen) atoms. The van der Waals surface area contributed by atoms with E-state index in [9.17, 15) is 0 Å². The first-order valence-electron chi connectivity index (χ1n) is 12.1. The van der Waals surface area contributed by atoms with Crippen LogP contribution in [-0.2, 0) is 0 Å². The first kappa shape index (κ1) is 23.1. The molecule has 1 saturated carbocycles. The van der Waals surface area contributed by atoms with Crippen molar-refractivity contribution in [3.63, 3.8) is 0 Å². The second kappa shape index (κ2) is 9.64. The van der Waals surface area contributed by atoms with Crippen molar-refractivity contribution >= 4 is 55.4 Å². The number of ether oxygens (including phenoxy) is 2. The van der Waals surface area contributed by atoms with Crippen molar-refractivity contribution in [3.05, 3.63) is 106 Å². The van der Waals surface area contributed by atoms with Gasteiger partial charge in [0.2, 0.25) is 0 Å². The summed E-state index contributed by atoms with van der Waals surface area (Å²) in [6.45, 7) is 0. The van der Waals surface area contributed by atoms with Crippen molar-refractivity contribution in [1.82, 2.24) is 0 Å². The van der Waals surface area contributed by atoms with Gasteiger partial charge in [0, 0.05) is 0 Å². The van der Waals surface area contributed by atoms with Gasteiger partial charge in [-0.3, -0.25) is 0 Å². The molecule has 176 valence electrons. The average Bonchev–Trinajstić information content (AvgIpc) is 3.65. The Labute approximate surface area is 219 Å². The molecule has 5 heteroatoms. The quantitative estimate of drug-likeness (QED) is 0.222. The standard InChI is InChI=1S/C18H18O2S2.2C6H5.Sn/c1-19-17-9-7-15(21-17)11-13-5-3-4-6-14(13)12-16-8-10-18(20-2)22-16;2*1-2-4-6-5-3-1;/h7-10H,3-6H2,1-2H3;2*1-5H;. The van der Waals surface area contributed by atoms with Crippen molar-refractivity contribution in [1.29, 1.82) is 0 Å². The van der Waals surface area contributed by atoms with Crippen molar-refractivity contribution < 1.29 is 9.47 Å². The van der Waals surface area contributed by atoms with Crippen LogP contribution >= 0.6 is 22.7 Å². The molecule has 6 rings (SSSR count). The maximum absolute atomic E-state index is 5.69. The monoisotopic (exact) mass is 604 g/mol. The van der Waals surface area contributed by atoms with Crippen molar-refractivity contribution in [2.45, 2.75) is 25.7 Å². The van der Waals surface area contributed by atoms with Gasteiger partial charge in [0.05, 0.1) is 0 Å². The Kier molecular flexibility index (Phi) is 6.37. The van der Waals surface area contributed by atoms with Gasteiger partial charge in [-0.05, 0) is 0 Å². The minimum absolute atomic E-state index is 0.984. The molecule has 1 aliphatic heterocycles. The molecule has 2 nitrogen and oxygen atoms in total. The molecule has 0 atom stereocenters. The number of hydrogen-bond acceptors (Lipinski definition) is 4. The van der Waals surface area contributed by atoms with Crippen molar-refractivity contribution in [2.75, 3.05) is 14.2 Å². The number of hydrogen-bond donors (Lipinski definition) is 0. The molecule has 3 heterocycles. The molecule has 0 unspecified atom stereocenters. The number of allylic oxidation sites excluding steroid dienone is 2. The average molecular weight is 603 g/mol. The molecule has 4 aromatic rings. The van der Waals surface area contributed by atoms with E-state index in [0.717, 1.165) is 23.0 Å². The van der Waals surface area contributed by atoms with Gasteiger partial charge in [0.25, 0.3) is 0 Å². The first-order chi connectivity index (χ1) is 17.3. The zero-order valence-corrected chi connectivity index (χ0v) is 24.5. The maximum atomic E-state index is 5.69. The van der Waals surface area contributed by atoms with Crippen LogP contribution in [-0.4, -0.2) is 32.6 Å². The van der Waals surface area contributed by atoms with Crippen LogP contribution in [0.5, 0.6) is 10.1 Å². The van der Waals surface area contributed by atoms with E-state index in [1.165, 1.54) is 29.8 Å². The van der Waals surface area contributed by atoms with Gasteiger partial charge in [0.15, 0.2) is 0 Å². The van der Waals surface area contributed by atoms with E-state index >= 15 is 0 Å². The van der Waals surface area contributed by atoms with E-state index < -0.39 is 18.4 Å². The molecular weight excluding hydrogens is 575 g/mol. The number of rotatable bonds is 6. The molecule has 0 saturated heterocycles. The molecule has 2 aliphatic rings. The molecule has 2 aromatic carbocycles. The summed E-state index contributed by atoms with van der Waals surface area (Å²) in [4.78, 5) is 2.77. The van der Waals surface area contributed by atoms with Crippen molar-refractivity contribution in [3.8, 4) is 10.1 Å². The summed E-state index contributed by atoms with van der Waals surface area (Å²) in [7, 11) is 3.56. The summed E-state index contributed by atoms with van der Waals surface area (Å²) in [6, 6.07) is 31.7.